The first-order valence-electron chi connectivity index (χ1n) is 8.83. The highest BCUT2D eigenvalue weighted by Gasteiger charge is 2.28. The number of aryl methyl sites for hydroxylation is 1. The van der Waals surface area contributed by atoms with Crippen molar-refractivity contribution >= 4 is 17.2 Å². The molecule has 1 fully saturated rings. The lowest BCUT2D eigenvalue weighted by Crippen LogP contribution is -2.40. The second kappa shape index (κ2) is 7.40. The van der Waals surface area contributed by atoms with Gasteiger partial charge >= 0.3 is 0 Å². The number of nitrogens with zero attached hydrogens (tertiary/aromatic N) is 4. The summed E-state index contributed by atoms with van der Waals surface area (Å²) < 4.78 is 0. The Kier molecular flexibility index (Phi) is 4.81. The minimum absolute atomic E-state index is 0.000231. The number of aromatic nitrogens is 4. The smallest absolute Gasteiger partial charge is 0.257 e. The molecule has 0 aromatic carbocycles. The number of carbonyl (C=O) groups excluding carboxylic acids is 1. The third-order valence-electron chi connectivity index (χ3n) is 4.77. The van der Waals surface area contributed by atoms with Crippen LogP contribution in [0.2, 0.25) is 0 Å². The molecule has 4 heterocycles. The van der Waals surface area contributed by atoms with Gasteiger partial charge in [0.15, 0.2) is 0 Å². The van der Waals surface area contributed by atoms with Crippen LogP contribution >= 0.6 is 11.3 Å². The van der Waals surface area contributed by atoms with Crippen molar-refractivity contribution in [2.75, 3.05) is 13.1 Å². The summed E-state index contributed by atoms with van der Waals surface area (Å²) in [5.41, 5.74) is 1.70. The van der Waals surface area contributed by atoms with E-state index in [1.807, 2.05) is 17.5 Å². The largest absolute Gasteiger partial charge is 0.338 e. The van der Waals surface area contributed by atoms with Gasteiger partial charge in [0.05, 0.1) is 21.8 Å². The summed E-state index contributed by atoms with van der Waals surface area (Å²) in [4.78, 5) is 43.4. The molecule has 8 heteroatoms. The number of hydrogen-bond donors (Lipinski definition) is 1. The minimum Gasteiger partial charge on any atom is -0.338 e. The Bertz CT molecular complexity index is 1010. The molecule has 7 nitrogen and oxygen atoms in total. The van der Waals surface area contributed by atoms with Crippen LogP contribution in [0.4, 0.5) is 0 Å². The van der Waals surface area contributed by atoms with Gasteiger partial charge in [0.1, 0.15) is 12.2 Å². The molecule has 27 heavy (non-hydrogen) atoms. The Morgan fingerprint density at radius 3 is 3.07 bits per heavy atom. The van der Waals surface area contributed by atoms with Crippen LogP contribution in [0.3, 0.4) is 0 Å². The molecule has 1 atom stereocenters. The molecule has 1 saturated heterocycles. The molecule has 1 aliphatic rings. The second-order valence-corrected chi connectivity index (χ2v) is 7.55. The number of H-pyrrole nitrogens is 1. The van der Waals surface area contributed by atoms with E-state index < -0.39 is 0 Å². The molecule has 3 aromatic rings. The molecule has 0 spiro atoms. The molecule has 0 unspecified atom stereocenters. The van der Waals surface area contributed by atoms with Crippen LogP contribution in [0.15, 0.2) is 40.9 Å². The maximum Gasteiger partial charge on any atom is 0.257 e. The average molecular weight is 381 g/mol. The van der Waals surface area contributed by atoms with Gasteiger partial charge in [0.2, 0.25) is 0 Å². The second-order valence-electron chi connectivity index (χ2n) is 6.61. The van der Waals surface area contributed by atoms with Crippen LogP contribution in [0.5, 0.6) is 0 Å². The zero-order valence-electron chi connectivity index (χ0n) is 14.9. The highest BCUT2D eigenvalue weighted by Crippen LogP contribution is 2.28. The maximum atomic E-state index is 12.9. The third-order valence-corrected chi connectivity index (χ3v) is 5.66. The Balaban J connectivity index is 1.59. The van der Waals surface area contributed by atoms with Crippen molar-refractivity contribution < 1.29 is 4.79 Å². The molecule has 4 rings (SSSR count). The van der Waals surface area contributed by atoms with Crippen molar-refractivity contribution in [2.45, 2.75) is 25.7 Å². The zero-order valence-corrected chi connectivity index (χ0v) is 15.7. The van der Waals surface area contributed by atoms with Crippen molar-refractivity contribution in [2.24, 2.45) is 0 Å². The highest BCUT2D eigenvalue weighted by atomic mass is 32.1. The Hall–Kier alpha value is -2.87. The van der Waals surface area contributed by atoms with E-state index in [1.165, 1.54) is 12.4 Å². The number of hydrogen-bond acceptors (Lipinski definition) is 6. The monoisotopic (exact) mass is 381 g/mol. The van der Waals surface area contributed by atoms with Crippen molar-refractivity contribution in [1.82, 2.24) is 24.8 Å². The molecule has 0 saturated carbocycles. The molecular formula is C19H19N5O2S. The molecular weight excluding hydrogens is 362 g/mol. The lowest BCUT2D eigenvalue weighted by atomic mass is 9.96. The van der Waals surface area contributed by atoms with Crippen LogP contribution < -0.4 is 5.56 Å². The van der Waals surface area contributed by atoms with Crippen LogP contribution in [0, 0.1) is 6.92 Å². The molecule has 0 bridgehead atoms. The first-order valence-corrected chi connectivity index (χ1v) is 9.71. The summed E-state index contributed by atoms with van der Waals surface area (Å²) in [7, 11) is 0. The van der Waals surface area contributed by atoms with Crippen molar-refractivity contribution in [3.63, 3.8) is 0 Å². The standard InChI is InChI=1S/C19H19N5O2S/c1-12-14(9-20-11-21-12)19(26)24-6-2-4-13(10-24)18-22-15(8-17(25)23-18)16-5-3-7-27-16/h3,5,7-9,11,13H,2,4,6,10H2,1H3,(H,22,23,25)/t13-/m1/s1. The number of amides is 1. The van der Waals surface area contributed by atoms with E-state index in [0.717, 1.165) is 17.7 Å². The van der Waals surface area contributed by atoms with E-state index in [-0.39, 0.29) is 17.4 Å². The van der Waals surface area contributed by atoms with Gasteiger partial charge in [-0.05, 0) is 31.2 Å². The summed E-state index contributed by atoms with van der Waals surface area (Å²) in [6.45, 7) is 3.00. The Morgan fingerprint density at radius 2 is 2.30 bits per heavy atom. The molecule has 1 N–H and O–H groups in total. The van der Waals surface area contributed by atoms with Crippen LogP contribution in [-0.2, 0) is 0 Å². The van der Waals surface area contributed by atoms with Gasteiger partial charge in [-0.25, -0.2) is 15.0 Å². The SMILES string of the molecule is Cc1ncncc1C(=O)N1CCC[C@@H](c2nc(-c3cccs3)cc(=O)[nH]2)C1. The number of carbonyl (C=O) groups is 1. The van der Waals surface area contributed by atoms with Gasteiger partial charge in [-0.1, -0.05) is 6.07 Å². The highest BCUT2D eigenvalue weighted by molar-refractivity contribution is 7.13. The summed E-state index contributed by atoms with van der Waals surface area (Å²) in [5, 5.41) is 1.96. The van der Waals surface area contributed by atoms with Gasteiger partial charge in [-0.2, -0.15) is 0 Å². The maximum absolute atomic E-state index is 12.9. The van der Waals surface area contributed by atoms with Gasteiger partial charge in [0, 0.05) is 31.3 Å². The molecule has 1 aliphatic heterocycles. The third kappa shape index (κ3) is 3.66. The van der Waals surface area contributed by atoms with E-state index in [9.17, 15) is 9.59 Å². The molecule has 1 amide bonds. The summed E-state index contributed by atoms with van der Waals surface area (Å²) in [6.07, 6.45) is 4.74. The Morgan fingerprint density at radius 1 is 1.41 bits per heavy atom. The molecule has 138 valence electrons. The first kappa shape index (κ1) is 17.5. The average Bonchev–Trinajstić information content (AvgIpc) is 3.22. The molecule has 0 radical (unpaired) electrons. The van der Waals surface area contributed by atoms with Crippen molar-refractivity contribution in [3.8, 4) is 10.6 Å². The van der Waals surface area contributed by atoms with Crippen molar-refractivity contribution in [1.29, 1.82) is 0 Å². The van der Waals surface area contributed by atoms with Gasteiger partial charge < -0.3 is 9.88 Å². The first-order chi connectivity index (χ1) is 13.1. The molecule has 0 aliphatic carbocycles. The van der Waals surface area contributed by atoms with Crippen LogP contribution in [-0.4, -0.2) is 43.8 Å². The molecule has 3 aromatic heterocycles. The van der Waals surface area contributed by atoms with E-state index in [4.69, 9.17) is 0 Å². The number of nitrogens with one attached hydrogen (secondary N) is 1. The number of aromatic amines is 1. The number of thiophene rings is 1. The predicted molar refractivity (Wildman–Crippen MR) is 103 cm³/mol. The van der Waals surface area contributed by atoms with Crippen molar-refractivity contribution in [3.05, 3.63) is 63.5 Å². The fraction of sp³-hybridized carbons (Fsp3) is 0.316. The lowest BCUT2D eigenvalue weighted by molar-refractivity contribution is 0.0702. The fourth-order valence-corrected chi connectivity index (χ4v) is 4.06. The normalized spacial score (nSPS) is 17.1. The topological polar surface area (TPSA) is 91.8 Å². The van der Waals surface area contributed by atoms with E-state index in [0.29, 0.717) is 35.9 Å². The minimum atomic E-state index is -0.167. The predicted octanol–water partition coefficient (Wildman–Crippen LogP) is 2.62. The van der Waals surface area contributed by atoms with Crippen LogP contribution in [0.1, 0.15) is 40.6 Å². The van der Waals surface area contributed by atoms with Gasteiger partial charge in [-0.3, -0.25) is 9.59 Å². The summed E-state index contributed by atoms with van der Waals surface area (Å²) in [5.74, 6) is 0.569. The zero-order chi connectivity index (χ0) is 18.8. The van der Waals surface area contributed by atoms with E-state index in [2.05, 4.69) is 19.9 Å². The summed E-state index contributed by atoms with van der Waals surface area (Å²) >= 11 is 1.55. The number of rotatable bonds is 3. The van der Waals surface area contributed by atoms with Gasteiger partial charge in [-0.15, -0.1) is 11.3 Å². The number of likely N-dealkylation sites (tertiary alicyclic amines) is 1. The van der Waals surface area contributed by atoms with Crippen LogP contribution in [0.25, 0.3) is 10.6 Å². The van der Waals surface area contributed by atoms with Gasteiger partial charge in [0.25, 0.3) is 11.5 Å². The summed E-state index contributed by atoms with van der Waals surface area (Å²) in [6, 6.07) is 5.41. The lowest BCUT2D eigenvalue weighted by Gasteiger charge is -2.32. The fourth-order valence-electron chi connectivity index (χ4n) is 3.38. The van der Waals surface area contributed by atoms with E-state index in [1.54, 1.807) is 29.4 Å². The van der Waals surface area contributed by atoms with E-state index >= 15 is 0 Å². The quantitative estimate of drug-likeness (QED) is 0.753. The Labute approximate surface area is 160 Å². The number of piperidine rings is 1.